The van der Waals surface area contributed by atoms with Gasteiger partial charge in [-0.15, -0.1) is 0 Å². The molecule has 0 spiro atoms. The molecular formula is C35H30N2. The molecule has 4 aromatic carbocycles. The summed E-state index contributed by atoms with van der Waals surface area (Å²) < 4.78 is 4.95. The SMILES string of the molecule is Cn1c2c(c3ccccc31)-c1ccccc1C2C(C)(C)C1c2ccccc2-c2c1n(C)c1ccccc21. The second-order valence-corrected chi connectivity index (χ2v) is 11.5. The fourth-order valence-corrected chi connectivity index (χ4v) is 7.99. The summed E-state index contributed by atoms with van der Waals surface area (Å²) in [6.45, 7) is 5.02. The third-order valence-corrected chi connectivity index (χ3v) is 9.42. The largest absolute Gasteiger partial charge is 0.346 e. The van der Waals surface area contributed by atoms with Crippen LogP contribution in [0.3, 0.4) is 0 Å². The van der Waals surface area contributed by atoms with Crippen LogP contribution >= 0.6 is 0 Å². The lowest BCUT2D eigenvalue weighted by Crippen LogP contribution is -2.31. The van der Waals surface area contributed by atoms with Crippen molar-refractivity contribution in [2.75, 3.05) is 0 Å². The fraction of sp³-hybridized carbons (Fsp3) is 0.200. The third-order valence-electron chi connectivity index (χ3n) is 9.42. The summed E-state index contributed by atoms with van der Waals surface area (Å²) in [7, 11) is 4.53. The molecule has 0 fully saturated rings. The van der Waals surface area contributed by atoms with Crippen LogP contribution in [0, 0.1) is 5.41 Å². The highest BCUT2D eigenvalue weighted by Gasteiger charge is 2.51. The van der Waals surface area contributed by atoms with Gasteiger partial charge in [-0.3, -0.25) is 0 Å². The number of rotatable bonds is 2. The maximum atomic E-state index is 2.51. The summed E-state index contributed by atoms with van der Waals surface area (Å²) in [4.78, 5) is 0. The highest BCUT2D eigenvalue weighted by molar-refractivity contribution is 6.03. The van der Waals surface area contributed by atoms with Gasteiger partial charge in [0.2, 0.25) is 0 Å². The first-order chi connectivity index (χ1) is 18.0. The predicted molar refractivity (Wildman–Crippen MR) is 154 cm³/mol. The quantitative estimate of drug-likeness (QED) is 0.236. The van der Waals surface area contributed by atoms with Gasteiger partial charge >= 0.3 is 0 Å². The molecule has 2 heterocycles. The van der Waals surface area contributed by atoms with Crippen molar-refractivity contribution in [3.63, 3.8) is 0 Å². The van der Waals surface area contributed by atoms with Gasteiger partial charge in [0.15, 0.2) is 0 Å². The van der Waals surface area contributed by atoms with Crippen molar-refractivity contribution >= 4 is 21.8 Å². The molecule has 8 rings (SSSR count). The first-order valence-corrected chi connectivity index (χ1v) is 13.3. The Labute approximate surface area is 217 Å². The average molecular weight is 479 g/mol. The van der Waals surface area contributed by atoms with Crippen molar-refractivity contribution in [1.29, 1.82) is 0 Å². The Kier molecular flexibility index (Phi) is 4.01. The van der Waals surface area contributed by atoms with E-state index in [-0.39, 0.29) is 17.3 Å². The maximum absolute atomic E-state index is 2.51. The van der Waals surface area contributed by atoms with E-state index in [1.54, 1.807) is 0 Å². The molecule has 0 aliphatic heterocycles. The van der Waals surface area contributed by atoms with Crippen LogP contribution in [0.25, 0.3) is 44.1 Å². The molecule has 2 aliphatic carbocycles. The molecule has 2 aliphatic rings. The zero-order valence-corrected chi connectivity index (χ0v) is 21.8. The van der Waals surface area contributed by atoms with Crippen LogP contribution in [0.15, 0.2) is 97.1 Å². The van der Waals surface area contributed by atoms with Crippen molar-refractivity contribution < 1.29 is 0 Å². The maximum Gasteiger partial charge on any atom is 0.0486 e. The van der Waals surface area contributed by atoms with Gasteiger partial charge in [0.05, 0.1) is 0 Å². The van der Waals surface area contributed by atoms with Gasteiger partial charge in [0.25, 0.3) is 0 Å². The molecule has 0 saturated heterocycles. The van der Waals surface area contributed by atoms with Crippen molar-refractivity contribution in [2.45, 2.75) is 25.7 Å². The molecule has 0 radical (unpaired) electrons. The van der Waals surface area contributed by atoms with E-state index in [2.05, 4.69) is 134 Å². The summed E-state index contributed by atoms with van der Waals surface area (Å²) >= 11 is 0. The Morgan fingerprint density at radius 3 is 1.35 bits per heavy atom. The van der Waals surface area contributed by atoms with E-state index in [1.807, 2.05) is 0 Å². The van der Waals surface area contributed by atoms with Crippen LogP contribution in [0.1, 0.15) is 48.2 Å². The van der Waals surface area contributed by atoms with Gasteiger partial charge in [0, 0.05) is 70.3 Å². The van der Waals surface area contributed by atoms with E-state index in [9.17, 15) is 0 Å². The minimum absolute atomic E-state index is 0.0764. The lowest BCUT2D eigenvalue weighted by molar-refractivity contribution is 0.270. The number of aryl methyl sites for hydroxylation is 2. The standard InChI is InChI=1S/C35H30N2/c1-35(2,31-23-15-7-5-13-21(23)29-25-17-9-11-19-27(25)36(3)33(29)31)32-24-16-8-6-14-22(24)30-26-18-10-12-20-28(26)37(4)34(30)32/h5-20,31-32H,1-4H3. The van der Waals surface area contributed by atoms with E-state index < -0.39 is 0 Å². The number of hydrogen-bond acceptors (Lipinski definition) is 0. The van der Waals surface area contributed by atoms with E-state index in [4.69, 9.17) is 0 Å². The molecule has 0 N–H and O–H groups in total. The molecule has 0 bridgehead atoms. The Hall–Kier alpha value is -4.04. The first-order valence-electron chi connectivity index (χ1n) is 13.3. The van der Waals surface area contributed by atoms with Gasteiger partial charge < -0.3 is 9.13 Å². The summed E-state index contributed by atoms with van der Waals surface area (Å²) in [5.74, 6) is 0.552. The molecule has 2 aromatic heterocycles. The van der Waals surface area contributed by atoms with Crippen molar-refractivity contribution in [3.8, 4) is 22.3 Å². The molecule has 0 saturated carbocycles. The van der Waals surface area contributed by atoms with Crippen LogP contribution in [0.2, 0.25) is 0 Å². The lowest BCUT2D eigenvalue weighted by atomic mass is 9.64. The van der Waals surface area contributed by atoms with Gasteiger partial charge in [0.1, 0.15) is 0 Å². The molecule has 37 heavy (non-hydrogen) atoms. The number of benzene rings is 4. The van der Waals surface area contributed by atoms with E-state index >= 15 is 0 Å². The zero-order valence-electron chi connectivity index (χ0n) is 21.8. The third kappa shape index (κ3) is 2.46. The van der Waals surface area contributed by atoms with E-state index in [0.717, 1.165) is 0 Å². The molecule has 2 unspecified atom stereocenters. The highest BCUT2D eigenvalue weighted by atomic mass is 15.0. The number of aromatic nitrogens is 2. The Morgan fingerprint density at radius 2 is 0.892 bits per heavy atom. The van der Waals surface area contributed by atoms with E-state index in [1.165, 1.54) is 66.6 Å². The van der Waals surface area contributed by atoms with Crippen LogP contribution in [-0.4, -0.2) is 9.13 Å². The number of fused-ring (bicyclic) bond motifs is 10. The average Bonchev–Trinajstić information content (AvgIpc) is 3.62. The van der Waals surface area contributed by atoms with Crippen molar-refractivity contribution in [2.24, 2.45) is 19.5 Å². The van der Waals surface area contributed by atoms with Gasteiger partial charge in [-0.05, 0) is 39.8 Å². The molecule has 2 heteroatoms. The summed E-state index contributed by atoms with van der Waals surface area (Å²) in [6, 6.07) is 36.1. The van der Waals surface area contributed by atoms with Crippen molar-refractivity contribution in [1.82, 2.24) is 9.13 Å². The Balaban J connectivity index is 1.45. The molecule has 6 aromatic rings. The smallest absolute Gasteiger partial charge is 0.0486 e. The number of nitrogens with zero attached hydrogens (tertiary/aromatic N) is 2. The van der Waals surface area contributed by atoms with Crippen LogP contribution in [0.5, 0.6) is 0 Å². The van der Waals surface area contributed by atoms with Crippen LogP contribution in [0.4, 0.5) is 0 Å². The molecule has 2 nitrogen and oxygen atoms in total. The van der Waals surface area contributed by atoms with Gasteiger partial charge in [-0.25, -0.2) is 0 Å². The van der Waals surface area contributed by atoms with Crippen LogP contribution in [-0.2, 0) is 14.1 Å². The number of para-hydroxylation sites is 2. The summed E-state index contributed by atoms with van der Waals surface area (Å²) in [5, 5.41) is 2.73. The molecule has 180 valence electrons. The topological polar surface area (TPSA) is 9.86 Å². The minimum Gasteiger partial charge on any atom is -0.346 e. The zero-order chi connectivity index (χ0) is 25.1. The first kappa shape index (κ1) is 21.1. The van der Waals surface area contributed by atoms with Gasteiger partial charge in [-0.2, -0.15) is 0 Å². The fourth-order valence-electron chi connectivity index (χ4n) is 7.99. The highest BCUT2D eigenvalue weighted by Crippen LogP contribution is 2.64. The second kappa shape index (κ2) is 7.04. The lowest BCUT2D eigenvalue weighted by Gasteiger charge is -2.40. The number of hydrogen-bond donors (Lipinski definition) is 0. The summed E-state index contributed by atoms with van der Waals surface area (Å²) in [6.07, 6.45) is 0. The van der Waals surface area contributed by atoms with Crippen molar-refractivity contribution in [3.05, 3.63) is 120 Å². The molecular weight excluding hydrogens is 448 g/mol. The second-order valence-electron chi connectivity index (χ2n) is 11.5. The Morgan fingerprint density at radius 1 is 0.514 bits per heavy atom. The van der Waals surface area contributed by atoms with E-state index in [0.29, 0.717) is 0 Å². The molecule has 0 amide bonds. The Bertz CT molecular complexity index is 1760. The minimum atomic E-state index is -0.0764. The monoisotopic (exact) mass is 478 g/mol. The summed E-state index contributed by atoms with van der Waals surface area (Å²) in [5.41, 5.74) is 14.0. The normalized spacial score (nSPS) is 17.7. The van der Waals surface area contributed by atoms with Crippen LogP contribution < -0.4 is 0 Å². The predicted octanol–water partition coefficient (Wildman–Crippen LogP) is 8.62. The van der Waals surface area contributed by atoms with Gasteiger partial charge in [-0.1, -0.05) is 98.8 Å². The molecule has 2 atom stereocenters.